The average Bonchev–Trinajstić information content (AvgIpc) is 2.54. The maximum Gasteiger partial charge on any atom is 0.253 e. The number of carbonyl (C=O) groups excluding carboxylic acids is 1. The van der Waals surface area contributed by atoms with Gasteiger partial charge in [0.05, 0.1) is 30.2 Å². The van der Waals surface area contributed by atoms with Crippen molar-refractivity contribution in [2.45, 2.75) is 19.9 Å². The fourth-order valence-corrected chi connectivity index (χ4v) is 2.92. The largest absolute Gasteiger partial charge is 0.494 e. The van der Waals surface area contributed by atoms with Crippen molar-refractivity contribution in [3.63, 3.8) is 0 Å². The van der Waals surface area contributed by atoms with E-state index in [0.717, 1.165) is 17.6 Å². The Morgan fingerprint density at radius 3 is 2.36 bits per heavy atom. The normalized spacial score (nSPS) is 12.3. The highest BCUT2D eigenvalue weighted by atomic mass is 32.2. The third-order valence-electron chi connectivity index (χ3n) is 3.51. The van der Waals surface area contributed by atoms with Crippen molar-refractivity contribution in [2.24, 2.45) is 0 Å². The molecule has 0 unspecified atom stereocenters. The number of sulfonamides is 1. The number of rotatable bonds is 7. The van der Waals surface area contributed by atoms with Gasteiger partial charge in [0.15, 0.2) is 0 Å². The molecule has 134 valence electrons. The lowest BCUT2D eigenvalue weighted by Gasteiger charge is -2.17. The topological polar surface area (TPSA) is 84.5 Å². The Bertz CT molecular complexity index is 832. The summed E-state index contributed by atoms with van der Waals surface area (Å²) in [6.45, 7) is 4.37. The molecule has 2 rings (SSSR count). The molecule has 2 aromatic carbocycles. The molecule has 0 aliphatic heterocycles. The first-order valence-corrected chi connectivity index (χ1v) is 9.79. The number of hydrogen-bond donors (Lipinski definition) is 2. The summed E-state index contributed by atoms with van der Waals surface area (Å²) in [4.78, 5) is 12.5. The zero-order chi connectivity index (χ0) is 18.4. The van der Waals surface area contributed by atoms with E-state index in [9.17, 15) is 13.2 Å². The molecule has 0 bridgehead atoms. The highest BCUT2D eigenvalue weighted by molar-refractivity contribution is 7.92. The van der Waals surface area contributed by atoms with Gasteiger partial charge in [0.2, 0.25) is 10.0 Å². The van der Waals surface area contributed by atoms with Crippen LogP contribution in [0.5, 0.6) is 5.75 Å². The van der Waals surface area contributed by atoms with Gasteiger partial charge in [-0.25, -0.2) is 8.42 Å². The average molecular weight is 362 g/mol. The molecular weight excluding hydrogens is 340 g/mol. The van der Waals surface area contributed by atoms with E-state index < -0.39 is 10.0 Å². The molecule has 0 fully saturated rings. The number of nitrogens with one attached hydrogen (secondary N) is 2. The van der Waals surface area contributed by atoms with Crippen molar-refractivity contribution in [2.75, 3.05) is 17.6 Å². The Morgan fingerprint density at radius 1 is 1.12 bits per heavy atom. The monoisotopic (exact) mass is 362 g/mol. The molecule has 6 nitrogen and oxygen atoms in total. The second-order valence-corrected chi connectivity index (χ2v) is 7.37. The van der Waals surface area contributed by atoms with Crippen LogP contribution in [0.25, 0.3) is 0 Å². The molecule has 25 heavy (non-hydrogen) atoms. The number of benzene rings is 2. The molecule has 7 heteroatoms. The van der Waals surface area contributed by atoms with E-state index in [0.29, 0.717) is 6.61 Å². The quantitative estimate of drug-likeness (QED) is 0.793. The van der Waals surface area contributed by atoms with Crippen LogP contribution < -0.4 is 14.8 Å². The number of carbonyl (C=O) groups is 1. The van der Waals surface area contributed by atoms with Gasteiger partial charge in [0.1, 0.15) is 5.75 Å². The summed E-state index contributed by atoms with van der Waals surface area (Å²) in [6.07, 6.45) is 1.05. The van der Waals surface area contributed by atoms with Crippen molar-refractivity contribution in [1.82, 2.24) is 5.32 Å². The van der Waals surface area contributed by atoms with Crippen molar-refractivity contribution in [3.05, 3.63) is 59.7 Å². The first-order chi connectivity index (χ1) is 11.8. The summed E-state index contributed by atoms with van der Waals surface area (Å²) in [5.74, 6) is 0.417. The molecule has 2 N–H and O–H groups in total. The van der Waals surface area contributed by atoms with Crippen LogP contribution in [0, 0.1) is 0 Å². The second-order valence-electron chi connectivity index (χ2n) is 5.62. The van der Waals surface area contributed by atoms with Crippen LogP contribution in [0.3, 0.4) is 0 Å². The van der Waals surface area contributed by atoms with Gasteiger partial charge in [-0.05, 0) is 43.7 Å². The number of hydrogen-bond acceptors (Lipinski definition) is 4. The minimum atomic E-state index is -3.47. The van der Waals surface area contributed by atoms with E-state index >= 15 is 0 Å². The molecule has 2 aromatic rings. The highest BCUT2D eigenvalue weighted by Crippen LogP contribution is 2.20. The Kier molecular flexibility index (Phi) is 6.03. The highest BCUT2D eigenvalue weighted by Gasteiger charge is 2.16. The maximum absolute atomic E-state index is 12.5. The van der Waals surface area contributed by atoms with Crippen LogP contribution in [0.2, 0.25) is 0 Å². The van der Waals surface area contributed by atoms with E-state index in [2.05, 4.69) is 10.0 Å². The van der Waals surface area contributed by atoms with Gasteiger partial charge in [0.25, 0.3) is 5.91 Å². The summed E-state index contributed by atoms with van der Waals surface area (Å²) in [5.41, 5.74) is 1.44. The summed E-state index contributed by atoms with van der Waals surface area (Å²) in [5, 5.41) is 2.88. The van der Waals surface area contributed by atoms with Crippen LogP contribution in [-0.4, -0.2) is 27.2 Å². The first kappa shape index (κ1) is 18.8. The van der Waals surface area contributed by atoms with Crippen molar-refractivity contribution < 1.29 is 17.9 Å². The second kappa shape index (κ2) is 8.02. The predicted octanol–water partition coefficient (Wildman–Crippen LogP) is 2.95. The van der Waals surface area contributed by atoms with E-state index in [-0.39, 0.29) is 23.2 Å². The number of anilines is 1. The number of amides is 1. The van der Waals surface area contributed by atoms with Gasteiger partial charge in [0, 0.05) is 0 Å². The minimum Gasteiger partial charge on any atom is -0.494 e. The summed E-state index contributed by atoms with van der Waals surface area (Å²) in [7, 11) is -3.47. The first-order valence-electron chi connectivity index (χ1n) is 7.90. The molecule has 0 radical (unpaired) electrons. The fraction of sp³-hybridized carbons (Fsp3) is 0.278. The summed E-state index contributed by atoms with van der Waals surface area (Å²) >= 11 is 0. The molecule has 0 aliphatic rings. The smallest absolute Gasteiger partial charge is 0.253 e. The lowest BCUT2D eigenvalue weighted by molar-refractivity contribution is 0.0941. The van der Waals surface area contributed by atoms with Crippen molar-refractivity contribution >= 4 is 21.6 Å². The fourth-order valence-electron chi connectivity index (χ4n) is 2.35. The SMILES string of the molecule is CCOc1ccc([C@@H](C)NC(=O)c2ccccc2NS(C)(=O)=O)cc1. The lowest BCUT2D eigenvalue weighted by atomic mass is 10.1. The van der Waals surface area contributed by atoms with Crippen molar-refractivity contribution in [3.8, 4) is 5.75 Å². The van der Waals surface area contributed by atoms with Crippen LogP contribution in [0.4, 0.5) is 5.69 Å². The Hall–Kier alpha value is -2.54. The summed E-state index contributed by atoms with van der Waals surface area (Å²) in [6, 6.07) is 13.7. The maximum atomic E-state index is 12.5. The molecular formula is C18H22N2O4S. The molecule has 1 amide bonds. The van der Waals surface area contributed by atoms with Gasteiger partial charge >= 0.3 is 0 Å². The molecule has 0 aliphatic carbocycles. The van der Waals surface area contributed by atoms with Gasteiger partial charge in [-0.2, -0.15) is 0 Å². The molecule has 0 saturated carbocycles. The Labute approximate surface area is 148 Å². The third-order valence-corrected chi connectivity index (χ3v) is 4.10. The number of ether oxygens (including phenoxy) is 1. The van der Waals surface area contributed by atoms with Gasteiger partial charge in [-0.15, -0.1) is 0 Å². The molecule has 0 heterocycles. The molecule has 0 saturated heterocycles. The van der Waals surface area contributed by atoms with Crippen LogP contribution >= 0.6 is 0 Å². The standard InChI is InChI=1S/C18H22N2O4S/c1-4-24-15-11-9-14(10-12-15)13(2)19-18(21)16-7-5-6-8-17(16)20-25(3,22)23/h5-13,20H,4H2,1-3H3,(H,19,21)/t13-/m1/s1. The van der Waals surface area contributed by atoms with E-state index in [1.807, 2.05) is 38.1 Å². The third kappa shape index (κ3) is 5.49. The molecule has 0 spiro atoms. The Morgan fingerprint density at radius 2 is 1.76 bits per heavy atom. The molecule has 1 atom stereocenters. The number of para-hydroxylation sites is 1. The van der Waals surface area contributed by atoms with E-state index in [1.165, 1.54) is 0 Å². The van der Waals surface area contributed by atoms with Crippen LogP contribution in [0.1, 0.15) is 35.8 Å². The van der Waals surface area contributed by atoms with Gasteiger partial charge in [-0.3, -0.25) is 9.52 Å². The van der Waals surface area contributed by atoms with Crippen LogP contribution in [-0.2, 0) is 10.0 Å². The van der Waals surface area contributed by atoms with Gasteiger partial charge < -0.3 is 10.1 Å². The van der Waals surface area contributed by atoms with Crippen molar-refractivity contribution in [1.29, 1.82) is 0 Å². The predicted molar refractivity (Wildman–Crippen MR) is 98.4 cm³/mol. The van der Waals surface area contributed by atoms with E-state index in [4.69, 9.17) is 4.74 Å². The lowest BCUT2D eigenvalue weighted by Crippen LogP contribution is -2.27. The van der Waals surface area contributed by atoms with Gasteiger partial charge in [-0.1, -0.05) is 24.3 Å². The zero-order valence-corrected chi connectivity index (χ0v) is 15.3. The Balaban J connectivity index is 2.13. The zero-order valence-electron chi connectivity index (χ0n) is 14.4. The summed E-state index contributed by atoms with van der Waals surface area (Å²) < 4.78 is 30.7. The van der Waals surface area contributed by atoms with Crippen LogP contribution in [0.15, 0.2) is 48.5 Å². The minimum absolute atomic E-state index is 0.241. The van der Waals surface area contributed by atoms with E-state index in [1.54, 1.807) is 24.3 Å². The molecule has 0 aromatic heterocycles.